The number of esters is 1. The van der Waals surface area contributed by atoms with Gasteiger partial charge < -0.3 is 25.2 Å². The summed E-state index contributed by atoms with van der Waals surface area (Å²) in [6.45, 7) is 0. The van der Waals surface area contributed by atoms with Crippen molar-refractivity contribution in [3.05, 3.63) is 0 Å². The SMILES string of the molecule is O=C1O[C@H]([C@@H](O)C(=O)O)[C@@H](O)[C@@H]1O. The highest BCUT2D eigenvalue weighted by Gasteiger charge is 2.48. The summed E-state index contributed by atoms with van der Waals surface area (Å²) in [7, 11) is 0. The number of cyclic esters (lactones) is 1. The third kappa shape index (κ3) is 1.62. The number of ether oxygens (including phenoxy) is 1. The number of carboxylic acids is 1. The van der Waals surface area contributed by atoms with Gasteiger partial charge in [-0.15, -0.1) is 0 Å². The third-order valence-electron chi connectivity index (χ3n) is 1.72. The zero-order valence-corrected chi connectivity index (χ0v) is 6.32. The molecule has 0 bridgehead atoms. The minimum atomic E-state index is -2.03. The number of aliphatic carboxylic acids is 1. The van der Waals surface area contributed by atoms with Crippen LogP contribution in [0, 0.1) is 0 Å². The molecule has 74 valence electrons. The summed E-state index contributed by atoms with van der Waals surface area (Å²) in [6.07, 6.45) is -7.14. The van der Waals surface area contributed by atoms with Crippen molar-refractivity contribution in [2.24, 2.45) is 0 Å². The Bertz CT molecular complexity index is 237. The zero-order valence-electron chi connectivity index (χ0n) is 6.32. The Kier molecular flexibility index (Phi) is 2.50. The molecule has 1 aliphatic rings. The molecule has 0 radical (unpaired) electrons. The van der Waals surface area contributed by atoms with Gasteiger partial charge in [-0.2, -0.15) is 0 Å². The van der Waals surface area contributed by atoms with E-state index in [1.54, 1.807) is 0 Å². The predicted molar refractivity (Wildman–Crippen MR) is 35.5 cm³/mol. The second kappa shape index (κ2) is 3.29. The van der Waals surface area contributed by atoms with Crippen LogP contribution in [-0.2, 0) is 14.3 Å². The van der Waals surface area contributed by atoms with Gasteiger partial charge in [0.25, 0.3) is 0 Å². The lowest BCUT2D eigenvalue weighted by Gasteiger charge is -2.15. The van der Waals surface area contributed by atoms with E-state index in [0.29, 0.717) is 0 Å². The average Bonchev–Trinajstić information content (AvgIpc) is 2.31. The number of carbonyl (C=O) groups excluding carboxylic acids is 1. The average molecular weight is 192 g/mol. The van der Waals surface area contributed by atoms with Gasteiger partial charge in [0.15, 0.2) is 18.3 Å². The highest BCUT2D eigenvalue weighted by atomic mass is 16.6. The number of carbonyl (C=O) groups is 2. The lowest BCUT2D eigenvalue weighted by molar-refractivity contribution is -0.161. The van der Waals surface area contributed by atoms with E-state index >= 15 is 0 Å². The Morgan fingerprint density at radius 1 is 1.46 bits per heavy atom. The van der Waals surface area contributed by atoms with E-state index < -0.39 is 36.4 Å². The monoisotopic (exact) mass is 192 g/mol. The molecule has 0 aromatic rings. The van der Waals surface area contributed by atoms with Crippen molar-refractivity contribution in [3.8, 4) is 0 Å². The molecule has 0 aromatic heterocycles. The molecule has 13 heavy (non-hydrogen) atoms. The minimum Gasteiger partial charge on any atom is -0.479 e. The van der Waals surface area contributed by atoms with Crippen molar-refractivity contribution in [1.82, 2.24) is 0 Å². The van der Waals surface area contributed by atoms with Crippen LogP contribution in [0.4, 0.5) is 0 Å². The van der Waals surface area contributed by atoms with Crippen molar-refractivity contribution >= 4 is 11.9 Å². The Hall–Kier alpha value is -1.18. The largest absolute Gasteiger partial charge is 0.479 e. The lowest BCUT2D eigenvalue weighted by atomic mass is 10.1. The fraction of sp³-hybridized carbons (Fsp3) is 0.667. The quantitative estimate of drug-likeness (QED) is 0.345. The number of rotatable bonds is 2. The van der Waals surface area contributed by atoms with Crippen LogP contribution >= 0.6 is 0 Å². The molecule has 0 aliphatic carbocycles. The second-order valence-corrected chi connectivity index (χ2v) is 2.62. The Balaban J connectivity index is 2.73. The summed E-state index contributed by atoms with van der Waals surface area (Å²) >= 11 is 0. The van der Waals surface area contributed by atoms with E-state index in [4.69, 9.17) is 20.4 Å². The summed E-state index contributed by atoms with van der Waals surface area (Å²) in [5.41, 5.74) is 0. The number of aliphatic hydroxyl groups is 3. The van der Waals surface area contributed by atoms with Crippen molar-refractivity contribution in [1.29, 1.82) is 0 Å². The molecule has 0 aromatic carbocycles. The number of aliphatic hydroxyl groups excluding tert-OH is 3. The van der Waals surface area contributed by atoms with Crippen molar-refractivity contribution in [2.45, 2.75) is 24.4 Å². The molecule has 4 atom stereocenters. The molecule has 1 heterocycles. The predicted octanol–water partition coefficient (Wildman–Crippen LogP) is -2.92. The van der Waals surface area contributed by atoms with Crippen molar-refractivity contribution < 1.29 is 34.8 Å². The Morgan fingerprint density at radius 3 is 2.31 bits per heavy atom. The molecular weight excluding hydrogens is 184 g/mol. The molecular formula is C6H8O7. The molecule has 7 heteroatoms. The number of carboxylic acid groups (broad SMARTS) is 1. The van der Waals surface area contributed by atoms with Crippen molar-refractivity contribution in [2.75, 3.05) is 0 Å². The fourth-order valence-electron chi connectivity index (χ4n) is 0.984. The van der Waals surface area contributed by atoms with Crippen LogP contribution in [0.5, 0.6) is 0 Å². The maximum Gasteiger partial charge on any atom is 0.338 e. The highest BCUT2D eigenvalue weighted by Crippen LogP contribution is 2.18. The Labute approximate surface area is 72.2 Å². The molecule has 7 nitrogen and oxygen atoms in total. The van der Waals surface area contributed by atoms with E-state index in [-0.39, 0.29) is 0 Å². The standard InChI is InChI=1S/C6H8O7/c7-1-2(8)6(12)13-4(1)3(9)5(10)11/h1-4,7-9H,(H,10,11)/t1-,2-,3+,4-/m0/s1. The van der Waals surface area contributed by atoms with Gasteiger partial charge in [0, 0.05) is 0 Å². The van der Waals surface area contributed by atoms with Crippen molar-refractivity contribution in [3.63, 3.8) is 0 Å². The van der Waals surface area contributed by atoms with Gasteiger partial charge in [-0.1, -0.05) is 0 Å². The first-order valence-electron chi connectivity index (χ1n) is 3.42. The number of hydrogen-bond acceptors (Lipinski definition) is 6. The van der Waals surface area contributed by atoms with Gasteiger partial charge in [-0.3, -0.25) is 0 Å². The van der Waals surface area contributed by atoms with E-state index in [1.807, 2.05) is 0 Å². The third-order valence-corrected chi connectivity index (χ3v) is 1.72. The van der Waals surface area contributed by atoms with Crippen LogP contribution < -0.4 is 0 Å². The summed E-state index contributed by atoms with van der Waals surface area (Å²) in [6, 6.07) is 0. The molecule has 0 amide bonds. The lowest BCUT2D eigenvalue weighted by Crippen LogP contribution is -2.42. The fourth-order valence-corrected chi connectivity index (χ4v) is 0.984. The minimum absolute atomic E-state index is 1.14. The Morgan fingerprint density at radius 2 is 2.00 bits per heavy atom. The normalized spacial score (nSPS) is 35.6. The van der Waals surface area contributed by atoms with Gasteiger partial charge in [-0.25, -0.2) is 9.59 Å². The van der Waals surface area contributed by atoms with Crippen LogP contribution in [0.3, 0.4) is 0 Å². The maximum atomic E-state index is 10.6. The smallest absolute Gasteiger partial charge is 0.338 e. The van der Waals surface area contributed by atoms with Crippen LogP contribution in [0.1, 0.15) is 0 Å². The molecule has 1 saturated heterocycles. The zero-order chi connectivity index (χ0) is 10.2. The van der Waals surface area contributed by atoms with E-state index in [2.05, 4.69) is 4.74 Å². The number of hydrogen-bond donors (Lipinski definition) is 4. The summed E-state index contributed by atoms with van der Waals surface area (Å²) in [4.78, 5) is 20.8. The first-order valence-corrected chi connectivity index (χ1v) is 3.42. The molecule has 4 N–H and O–H groups in total. The van der Waals surface area contributed by atoms with Gasteiger partial charge in [0.1, 0.15) is 6.10 Å². The molecule has 1 rings (SSSR count). The van der Waals surface area contributed by atoms with Crippen LogP contribution in [0.15, 0.2) is 0 Å². The molecule has 1 aliphatic heterocycles. The van der Waals surface area contributed by atoms with Crippen LogP contribution in [-0.4, -0.2) is 56.8 Å². The second-order valence-electron chi connectivity index (χ2n) is 2.62. The van der Waals surface area contributed by atoms with Crippen LogP contribution in [0.2, 0.25) is 0 Å². The molecule has 0 saturated carbocycles. The van der Waals surface area contributed by atoms with Gasteiger partial charge in [-0.05, 0) is 0 Å². The molecule has 1 fully saturated rings. The van der Waals surface area contributed by atoms with Gasteiger partial charge >= 0.3 is 11.9 Å². The van der Waals surface area contributed by atoms with E-state index in [0.717, 1.165) is 0 Å². The first-order chi connectivity index (χ1) is 5.95. The maximum absolute atomic E-state index is 10.6. The molecule has 0 spiro atoms. The van der Waals surface area contributed by atoms with E-state index in [9.17, 15) is 9.59 Å². The molecule has 0 unspecified atom stereocenters. The summed E-state index contributed by atoms with van der Waals surface area (Å²) in [5.74, 6) is -2.77. The van der Waals surface area contributed by atoms with Crippen LogP contribution in [0.25, 0.3) is 0 Å². The van der Waals surface area contributed by atoms with E-state index in [1.165, 1.54) is 0 Å². The summed E-state index contributed by atoms with van der Waals surface area (Å²) in [5, 5.41) is 35.0. The van der Waals surface area contributed by atoms with Gasteiger partial charge in [0.2, 0.25) is 0 Å². The first kappa shape index (κ1) is 9.90. The highest BCUT2D eigenvalue weighted by molar-refractivity contribution is 5.80. The summed E-state index contributed by atoms with van der Waals surface area (Å²) < 4.78 is 4.24. The van der Waals surface area contributed by atoms with Gasteiger partial charge in [0.05, 0.1) is 0 Å². The topological polar surface area (TPSA) is 124 Å².